The average molecular weight is 440 g/mol. The molecule has 0 fully saturated rings. The Balaban J connectivity index is 1.30. The fourth-order valence-electron chi connectivity index (χ4n) is 3.25. The molecule has 0 spiro atoms. The predicted octanol–water partition coefficient (Wildman–Crippen LogP) is 4.96. The van der Waals surface area contributed by atoms with Crippen LogP contribution < -0.4 is 19.6 Å². The molecule has 6 nitrogen and oxygen atoms in total. The maximum absolute atomic E-state index is 12.1. The third kappa shape index (κ3) is 6.11. The minimum Gasteiger partial charge on any atom is -0.497 e. The van der Waals surface area contributed by atoms with Crippen LogP contribution in [0.25, 0.3) is 10.8 Å². The number of nitrogens with one attached hydrogen (secondary N) is 1. The number of carbonyl (C=O) groups excluding carboxylic acids is 1. The highest BCUT2D eigenvalue weighted by Crippen LogP contribution is 2.21. The third-order valence-electron chi connectivity index (χ3n) is 4.93. The Hall–Kier alpha value is -4.32. The van der Waals surface area contributed by atoms with Crippen LogP contribution in [0, 0.1) is 0 Å². The van der Waals surface area contributed by atoms with Gasteiger partial charge >= 0.3 is 0 Å². The number of para-hydroxylation sites is 1. The number of fused-ring (bicyclic) bond motifs is 1. The lowest BCUT2D eigenvalue weighted by Crippen LogP contribution is -2.24. The van der Waals surface area contributed by atoms with Gasteiger partial charge in [0, 0.05) is 5.56 Å². The molecule has 0 saturated heterocycles. The molecule has 0 atom stereocenters. The first-order valence-electron chi connectivity index (χ1n) is 10.5. The molecule has 0 aliphatic rings. The number of ether oxygens (including phenoxy) is 3. The summed E-state index contributed by atoms with van der Waals surface area (Å²) in [4.78, 5) is 12.1. The maximum Gasteiger partial charge on any atom is 0.277 e. The highest BCUT2D eigenvalue weighted by atomic mass is 16.5. The number of rotatable bonds is 9. The van der Waals surface area contributed by atoms with Gasteiger partial charge in [-0.25, -0.2) is 5.43 Å². The molecule has 4 rings (SSSR count). The zero-order valence-corrected chi connectivity index (χ0v) is 18.2. The van der Waals surface area contributed by atoms with Crippen molar-refractivity contribution >= 4 is 22.9 Å². The van der Waals surface area contributed by atoms with Gasteiger partial charge in [0.05, 0.1) is 13.3 Å². The molecule has 33 heavy (non-hydrogen) atoms. The van der Waals surface area contributed by atoms with Crippen molar-refractivity contribution in [2.45, 2.75) is 6.61 Å². The molecular formula is C27H24N2O4. The summed E-state index contributed by atoms with van der Waals surface area (Å²) in [5, 5.41) is 6.21. The zero-order chi connectivity index (χ0) is 22.9. The Morgan fingerprint density at radius 3 is 2.55 bits per heavy atom. The van der Waals surface area contributed by atoms with Crippen LogP contribution in [-0.2, 0) is 11.4 Å². The summed E-state index contributed by atoms with van der Waals surface area (Å²) in [6.07, 6.45) is 1.55. The van der Waals surface area contributed by atoms with Crippen molar-refractivity contribution in [1.82, 2.24) is 5.43 Å². The van der Waals surface area contributed by atoms with E-state index in [0.717, 1.165) is 27.6 Å². The molecule has 0 bridgehead atoms. The zero-order valence-electron chi connectivity index (χ0n) is 18.2. The number of methoxy groups -OCH3 is 1. The number of hydrogen-bond acceptors (Lipinski definition) is 5. The van der Waals surface area contributed by atoms with E-state index in [1.807, 2.05) is 91.0 Å². The van der Waals surface area contributed by atoms with Gasteiger partial charge in [0.1, 0.15) is 23.9 Å². The Bertz CT molecular complexity index is 1270. The lowest BCUT2D eigenvalue weighted by Gasteiger charge is -2.10. The largest absolute Gasteiger partial charge is 0.497 e. The Labute approximate surface area is 192 Å². The minimum absolute atomic E-state index is 0.135. The maximum atomic E-state index is 12.1. The van der Waals surface area contributed by atoms with E-state index in [2.05, 4.69) is 10.5 Å². The second-order valence-electron chi connectivity index (χ2n) is 7.27. The normalized spacial score (nSPS) is 10.8. The van der Waals surface area contributed by atoms with Crippen molar-refractivity contribution in [3.05, 3.63) is 102 Å². The summed E-state index contributed by atoms with van der Waals surface area (Å²) in [5.74, 6) is 1.71. The molecule has 166 valence electrons. The monoisotopic (exact) mass is 440 g/mol. The molecule has 1 N–H and O–H groups in total. The lowest BCUT2D eigenvalue weighted by molar-refractivity contribution is -0.123. The number of benzene rings is 4. The number of amides is 1. The first-order chi connectivity index (χ1) is 16.2. The molecule has 4 aromatic rings. The molecular weight excluding hydrogens is 416 g/mol. The number of hydrazone groups is 1. The second kappa shape index (κ2) is 10.8. The van der Waals surface area contributed by atoms with Crippen LogP contribution in [0.5, 0.6) is 17.2 Å². The molecule has 0 unspecified atom stereocenters. The van der Waals surface area contributed by atoms with Crippen molar-refractivity contribution in [2.75, 3.05) is 13.7 Å². The van der Waals surface area contributed by atoms with E-state index in [1.165, 1.54) is 0 Å². The Morgan fingerprint density at radius 2 is 1.67 bits per heavy atom. The van der Waals surface area contributed by atoms with Gasteiger partial charge < -0.3 is 14.2 Å². The van der Waals surface area contributed by atoms with Crippen LogP contribution in [0.1, 0.15) is 11.1 Å². The van der Waals surface area contributed by atoms with Gasteiger partial charge in [-0.15, -0.1) is 0 Å². The minimum atomic E-state index is -0.353. The third-order valence-corrected chi connectivity index (χ3v) is 4.93. The van der Waals surface area contributed by atoms with Crippen molar-refractivity contribution in [3.8, 4) is 17.2 Å². The Kier molecular flexibility index (Phi) is 7.18. The number of nitrogens with zero attached hydrogens (tertiary/aromatic N) is 1. The second-order valence-corrected chi connectivity index (χ2v) is 7.27. The van der Waals surface area contributed by atoms with E-state index in [4.69, 9.17) is 14.2 Å². The van der Waals surface area contributed by atoms with Crippen LogP contribution in [0.4, 0.5) is 0 Å². The highest BCUT2D eigenvalue weighted by molar-refractivity contribution is 5.86. The summed E-state index contributed by atoms with van der Waals surface area (Å²) in [6.45, 7) is 0.248. The van der Waals surface area contributed by atoms with Gasteiger partial charge in [-0.2, -0.15) is 5.10 Å². The fourth-order valence-corrected chi connectivity index (χ4v) is 3.25. The summed E-state index contributed by atoms with van der Waals surface area (Å²) < 4.78 is 16.8. The van der Waals surface area contributed by atoms with Crippen LogP contribution in [0.2, 0.25) is 0 Å². The predicted molar refractivity (Wildman–Crippen MR) is 129 cm³/mol. The van der Waals surface area contributed by atoms with Crippen molar-refractivity contribution in [2.24, 2.45) is 5.10 Å². The van der Waals surface area contributed by atoms with Crippen molar-refractivity contribution in [1.29, 1.82) is 0 Å². The highest BCUT2D eigenvalue weighted by Gasteiger charge is 2.05. The summed E-state index contributed by atoms with van der Waals surface area (Å²) in [7, 11) is 1.63. The van der Waals surface area contributed by atoms with Gasteiger partial charge in [0.25, 0.3) is 5.91 Å². The smallest absolute Gasteiger partial charge is 0.277 e. The van der Waals surface area contributed by atoms with Gasteiger partial charge in [-0.05, 0) is 52.7 Å². The van der Waals surface area contributed by atoms with Crippen LogP contribution in [-0.4, -0.2) is 25.8 Å². The molecule has 0 heterocycles. The molecule has 0 aliphatic carbocycles. The van der Waals surface area contributed by atoms with Gasteiger partial charge in [-0.1, -0.05) is 54.6 Å². The standard InChI is InChI=1S/C27H24N2O4/c1-31-24-11-6-7-20(15-24)18-33-26-12-5-4-10-23(26)17-28-29-27(30)19-32-25-14-13-21-8-2-3-9-22(21)16-25/h2-17H,18-19H2,1H3,(H,29,30). The molecule has 0 aliphatic heterocycles. The molecule has 0 saturated carbocycles. The summed E-state index contributed by atoms with van der Waals surface area (Å²) in [6, 6.07) is 28.9. The van der Waals surface area contributed by atoms with E-state index in [1.54, 1.807) is 13.3 Å². The molecule has 4 aromatic carbocycles. The van der Waals surface area contributed by atoms with E-state index < -0.39 is 0 Å². The first kappa shape index (κ1) is 21.9. The van der Waals surface area contributed by atoms with E-state index in [-0.39, 0.29) is 12.5 Å². The Morgan fingerprint density at radius 1 is 0.848 bits per heavy atom. The van der Waals surface area contributed by atoms with Crippen LogP contribution >= 0.6 is 0 Å². The molecule has 6 heteroatoms. The van der Waals surface area contributed by atoms with Gasteiger partial charge in [-0.3, -0.25) is 4.79 Å². The quantitative estimate of drug-likeness (QED) is 0.295. The average Bonchev–Trinajstić information content (AvgIpc) is 2.87. The first-order valence-corrected chi connectivity index (χ1v) is 10.5. The fraction of sp³-hybridized carbons (Fsp3) is 0.111. The van der Waals surface area contributed by atoms with Gasteiger partial charge in [0.2, 0.25) is 0 Å². The molecule has 0 radical (unpaired) electrons. The van der Waals surface area contributed by atoms with E-state index in [9.17, 15) is 4.79 Å². The number of hydrogen-bond donors (Lipinski definition) is 1. The van der Waals surface area contributed by atoms with E-state index >= 15 is 0 Å². The SMILES string of the molecule is COc1cccc(COc2ccccc2C=NNC(=O)COc2ccc3ccccc3c2)c1. The lowest BCUT2D eigenvalue weighted by atomic mass is 10.1. The molecule has 1 amide bonds. The summed E-state index contributed by atoms with van der Waals surface area (Å²) >= 11 is 0. The van der Waals surface area contributed by atoms with E-state index in [0.29, 0.717) is 18.1 Å². The van der Waals surface area contributed by atoms with Crippen LogP contribution in [0.3, 0.4) is 0 Å². The van der Waals surface area contributed by atoms with Gasteiger partial charge in [0.15, 0.2) is 6.61 Å². The van der Waals surface area contributed by atoms with Crippen molar-refractivity contribution in [3.63, 3.8) is 0 Å². The number of carbonyl (C=O) groups is 1. The summed E-state index contributed by atoms with van der Waals surface area (Å²) in [5.41, 5.74) is 4.22. The molecule has 0 aromatic heterocycles. The van der Waals surface area contributed by atoms with Crippen molar-refractivity contribution < 1.29 is 19.0 Å². The topological polar surface area (TPSA) is 69.2 Å². The van der Waals surface area contributed by atoms with Crippen LogP contribution in [0.15, 0.2) is 96.1 Å².